The second kappa shape index (κ2) is 9.11. The Hall–Kier alpha value is -2.20. The maximum Gasteiger partial charge on any atom is 0.397 e. The third kappa shape index (κ3) is 5.54. The Labute approximate surface area is 206 Å². The lowest BCUT2D eigenvalue weighted by atomic mass is 9.84. The van der Waals surface area contributed by atoms with Crippen LogP contribution in [0.1, 0.15) is 72.1 Å². The third-order valence-corrected chi connectivity index (χ3v) is 8.66. The van der Waals surface area contributed by atoms with Crippen molar-refractivity contribution in [3.8, 4) is 0 Å². The van der Waals surface area contributed by atoms with Crippen LogP contribution in [0.25, 0.3) is 0 Å². The van der Waals surface area contributed by atoms with Gasteiger partial charge in [0.2, 0.25) is 0 Å². The molecular weight excluding hydrogens is 449 g/mol. The number of hydrogen-bond donors (Lipinski definition) is 0. The highest BCUT2D eigenvalue weighted by atomic mass is 32.2. The lowest BCUT2D eigenvalue weighted by molar-refractivity contribution is -0.180. The molecule has 3 aromatic carbocycles. The molecule has 0 radical (unpaired) electrons. The van der Waals surface area contributed by atoms with Gasteiger partial charge in [0.15, 0.2) is 14.7 Å². The van der Waals surface area contributed by atoms with Crippen LogP contribution in [0.3, 0.4) is 0 Å². The monoisotopic (exact) mass is 485 g/mol. The summed E-state index contributed by atoms with van der Waals surface area (Å²) in [5.41, 5.74) is 0.994. The van der Waals surface area contributed by atoms with Crippen LogP contribution in [0.4, 0.5) is 13.2 Å². The molecule has 0 aliphatic heterocycles. The van der Waals surface area contributed by atoms with Gasteiger partial charge >= 0.3 is 6.18 Å². The highest BCUT2D eigenvalue weighted by Gasteiger charge is 2.48. The summed E-state index contributed by atoms with van der Waals surface area (Å²) in [6.45, 7) is 15.6. The van der Waals surface area contributed by atoms with Crippen LogP contribution in [0.2, 0.25) is 0 Å². The molecule has 0 aliphatic rings. The van der Waals surface area contributed by atoms with Crippen LogP contribution in [0, 0.1) is 0 Å². The van der Waals surface area contributed by atoms with Crippen molar-refractivity contribution in [3.05, 3.63) is 89.5 Å². The molecule has 0 N–H and O–H groups in total. The van der Waals surface area contributed by atoms with Crippen molar-refractivity contribution >= 4 is 10.9 Å². The topological polar surface area (TPSA) is 0 Å². The highest BCUT2D eigenvalue weighted by molar-refractivity contribution is 7.97. The van der Waals surface area contributed by atoms with Crippen LogP contribution >= 0.6 is 0 Å². The van der Waals surface area contributed by atoms with Gasteiger partial charge in [-0.25, -0.2) is 0 Å². The van der Waals surface area contributed by atoms with Crippen molar-refractivity contribution in [3.63, 3.8) is 0 Å². The van der Waals surface area contributed by atoms with Crippen LogP contribution in [-0.2, 0) is 27.1 Å². The Morgan fingerprint density at radius 2 is 0.706 bits per heavy atom. The maximum atomic E-state index is 13.6. The van der Waals surface area contributed by atoms with Gasteiger partial charge in [0, 0.05) is 0 Å². The second-order valence-electron chi connectivity index (χ2n) is 11.5. The fourth-order valence-electron chi connectivity index (χ4n) is 3.76. The summed E-state index contributed by atoms with van der Waals surface area (Å²) in [4.78, 5) is 3.31. The van der Waals surface area contributed by atoms with E-state index in [0.29, 0.717) is 0 Å². The Balaban J connectivity index is 2.09. The van der Waals surface area contributed by atoms with Crippen molar-refractivity contribution in [1.82, 2.24) is 0 Å². The zero-order chi connectivity index (χ0) is 25.5. The van der Waals surface area contributed by atoms with Crippen LogP contribution in [-0.4, -0.2) is 6.18 Å². The summed E-state index contributed by atoms with van der Waals surface area (Å²) in [5.74, 6) is 0. The molecule has 0 unspecified atom stereocenters. The minimum atomic E-state index is -4.30. The molecule has 0 aliphatic carbocycles. The predicted molar refractivity (Wildman–Crippen MR) is 138 cm³/mol. The van der Waals surface area contributed by atoms with E-state index >= 15 is 0 Å². The summed E-state index contributed by atoms with van der Waals surface area (Å²) in [6.07, 6.45) is -4.30. The summed E-state index contributed by atoms with van der Waals surface area (Å²) in [7, 11) is -0.422. The zero-order valence-electron chi connectivity index (χ0n) is 21.5. The fourth-order valence-corrected chi connectivity index (χ4v) is 5.80. The largest absolute Gasteiger partial charge is 0.397 e. The minimum absolute atomic E-state index is 0.0519. The molecule has 0 nitrogen and oxygen atoms in total. The summed E-state index contributed by atoms with van der Waals surface area (Å²) < 4.78 is 40.7. The third-order valence-electron chi connectivity index (χ3n) is 6.43. The average Bonchev–Trinajstić information content (AvgIpc) is 2.73. The van der Waals surface area contributed by atoms with E-state index in [0.717, 1.165) is 14.7 Å². The molecule has 4 heteroatoms. The summed E-state index contributed by atoms with van der Waals surface area (Å²) in [5, 5.41) is 0. The van der Waals surface area contributed by atoms with Crippen molar-refractivity contribution in [1.29, 1.82) is 0 Å². The van der Waals surface area contributed by atoms with Gasteiger partial charge in [-0.15, -0.1) is 0 Å². The summed E-state index contributed by atoms with van der Waals surface area (Å²) in [6, 6.07) is 24.3. The molecule has 3 aromatic rings. The van der Waals surface area contributed by atoms with E-state index in [-0.39, 0.29) is 16.4 Å². The van der Waals surface area contributed by atoms with Crippen molar-refractivity contribution in [2.45, 2.75) is 92.5 Å². The zero-order valence-corrected chi connectivity index (χ0v) is 22.3. The van der Waals surface area contributed by atoms with E-state index in [1.807, 2.05) is 12.1 Å². The van der Waals surface area contributed by atoms with Gasteiger partial charge in [-0.2, -0.15) is 13.2 Å². The van der Waals surface area contributed by atoms with E-state index in [9.17, 15) is 13.2 Å². The van der Waals surface area contributed by atoms with Crippen LogP contribution in [0.15, 0.2) is 87.5 Å². The molecule has 0 amide bonds. The van der Waals surface area contributed by atoms with Crippen LogP contribution < -0.4 is 0 Å². The van der Waals surface area contributed by atoms with Gasteiger partial charge in [-0.3, -0.25) is 0 Å². The second-order valence-corrected chi connectivity index (χ2v) is 13.5. The Bertz CT molecular complexity index is 1040. The first-order valence-corrected chi connectivity index (χ1v) is 12.9. The normalized spacial score (nSPS) is 13.4. The van der Waals surface area contributed by atoms with Gasteiger partial charge in [0.05, 0.1) is 16.3 Å². The molecule has 0 aromatic heterocycles. The SMILES string of the molecule is CC(C)(C)c1ccc([S+](c2ccc(C(C)(C)C)cc2)c2ccc(C(C)(C)C(F)(F)F)cc2)cc1. The van der Waals surface area contributed by atoms with Gasteiger partial charge < -0.3 is 0 Å². The van der Waals surface area contributed by atoms with E-state index in [2.05, 4.69) is 90.1 Å². The average molecular weight is 486 g/mol. The fraction of sp³-hybridized carbons (Fsp3) is 0.400. The smallest absolute Gasteiger partial charge is 0.170 e. The van der Waals surface area contributed by atoms with E-state index in [4.69, 9.17) is 0 Å². The lowest BCUT2D eigenvalue weighted by Gasteiger charge is -2.28. The first-order chi connectivity index (χ1) is 15.5. The quantitative estimate of drug-likeness (QED) is 0.323. The Morgan fingerprint density at radius 1 is 0.441 bits per heavy atom. The molecule has 0 atom stereocenters. The number of halogens is 3. The first kappa shape index (κ1) is 26.4. The molecule has 0 heterocycles. The molecule has 0 bridgehead atoms. The first-order valence-electron chi connectivity index (χ1n) is 11.6. The van der Waals surface area contributed by atoms with Crippen molar-refractivity contribution < 1.29 is 13.2 Å². The van der Waals surface area contributed by atoms with Crippen molar-refractivity contribution in [2.75, 3.05) is 0 Å². The standard InChI is InChI=1S/C30H36F3S/c1-27(2,3)21-9-15-24(16-10-21)34(25-17-11-22(12-18-25)28(4,5)6)26-19-13-23(14-20-26)29(7,8)30(31,32)33/h9-20H,1-8H3/q+1. The van der Waals surface area contributed by atoms with E-state index < -0.39 is 22.5 Å². The van der Waals surface area contributed by atoms with E-state index in [1.165, 1.54) is 25.0 Å². The van der Waals surface area contributed by atoms with Crippen molar-refractivity contribution in [2.24, 2.45) is 0 Å². The molecule has 0 spiro atoms. The van der Waals surface area contributed by atoms with Gasteiger partial charge in [0.25, 0.3) is 0 Å². The molecule has 34 heavy (non-hydrogen) atoms. The van der Waals surface area contributed by atoms with Gasteiger partial charge in [-0.1, -0.05) is 77.9 Å². The molecule has 182 valence electrons. The highest BCUT2D eigenvalue weighted by Crippen LogP contribution is 2.41. The Morgan fingerprint density at radius 3 is 0.941 bits per heavy atom. The number of rotatable bonds is 4. The van der Waals surface area contributed by atoms with E-state index in [1.54, 1.807) is 12.1 Å². The molecular formula is C30H36F3S+. The number of alkyl halides is 3. The van der Waals surface area contributed by atoms with Gasteiger partial charge in [0.1, 0.15) is 0 Å². The minimum Gasteiger partial charge on any atom is -0.170 e. The molecule has 3 rings (SSSR count). The lowest BCUT2D eigenvalue weighted by Crippen LogP contribution is -2.36. The molecule has 0 saturated heterocycles. The number of benzene rings is 3. The van der Waals surface area contributed by atoms with Crippen LogP contribution in [0.5, 0.6) is 0 Å². The molecule has 0 fully saturated rings. The molecule has 0 saturated carbocycles. The number of hydrogen-bond acceptors (Lipinski definition) is 0. The maximum absolute atomic E-state index is 13.6. The summed E-state index contributed by atoms with van der Waals surface area (Å²) >= 11 is 0. The Kier molecular flexibility index (Phi) is 7.07. The predicted octanol–water partition coefficient (Wildman–Crippen LogP) is 9.22. The van der Waals surface area contributed by atoms with Gasteiger partial charge in [-0.05, 0) is 77.8 Å².